The lowest BCUT2D eigenvalue weighted by atomic mass is 10.1. The largest absolute Gasteiger partial charge is 0.311 e. The third-order valence-corrected chi connectivity index (χ3v) is 3.67. The molecular formula is C14H21ClN2. The van der Waals surface area contributed by atoms with E-state index in [-0.39, 0.29) is 0 Å². The van der Waals surface area contributed by atoms with Crippen LogP contribution >= 0.6 is 11.6 Å². The average Bonchev–Trinajstić information content (AvgIpc) is 3.10. The van der Waals surface area contributed by atoms with Crippen molar-refractivity contribution in [3.8, 4) is 0 Å². The molecule has 1 N–H and O–H groups in total. The fourth-order valence-corrected chi connectivity index (χ4v) is 2.26. The number of halogens is 1. The fraction of sp³-hybridized carbons (Fsp3) is 0.571. The van der Waals surface area contributed by atoms with Crippen LogP contribution in [0.4, 0.5) is 0 Å². The van der Waals surface area contributed by atoms with Crippen LogP contribution in [-0.2, 0) is 6.54 Å². The van der Waals surface area contributed by atoms with Gasteiger partial charge in [0.1, 0.15) is 0 Å². The molecule has 0 bridgehead atoms. The normalized spacial score (nSPS) is 15.5. The molecule has 2 rings (SSSR count). The van der Waals surface area contributed by atoms with Gasteiger partial charge in [-0.25, -0.2) is 0 Å². The fourth-order valence-electron chi connectivity index (χ4n) is 2.03. The van der Waals surface area contributed by atoms with Gasteiger partial charge in [-0.3, -0.25) is 0 Å². The molecule has 2 nitrogen and oxygen atoms in total. The standard InChI is InChI=1S/C14H21ClN2/c1-11-9-13(15)4-3-12(11)10-16-7-8-17(2)14-5-6-14/h3-4,9,14,16H,5-8,10H2,1-2H3. The number of aryl methyl sites for hydroxylation is 1. The van der Waals surface area contributed by atoms with Crippen LogP contribution in [0.15, 0.2) is 18.2 Å². The van der Waals surface area contributed by atoms with Crippen molar-refractivity contribution < 1.29 is 0 Å². The molecule has 0 aliphatic heterocycles. The van der Waals surface area contributed by atoms with E-state index in [1.807, 2.05) is 12.1 Å². The Morgan fingerprint density at radius 1 is 1.41 bits per heavy atom. The van der Waals surface area contributed by atoms with E-state index in [9.17, 15) is 0 Å². The molecule has 17 heavy (non-hydrogen) atoms. The minimum Gasteiger partial charge on any atom is -0.311 e. The Morgan fingerprint density at radius 3 is 2.82 bits per heavy atom. The maximum Gasteiger partial charge on any atom is 0.0408 e. The van der Waals surface area contributed by atoms with Gasteiger partial charge in [-0.05, 0) is 50.1 Å². The predicted octanol–water partition coefficient (Wildman–Crippen LogP) is 2.83. The third-order valence-electron chi connectivity index (χ3n) is 3.43. The Hall–Kier alpha value is -0.570. The number of hydrogen-bond acceptors (Lipinski definition) is 2. The van der Waals surface area contributed by atoms with E-state index in [1.54, 1.807) is 0 Å². The van der Waals surface area contributed by atoms with Gasteiger partial charge in [-0.1, -0.05) is 17.7 Å². The molecule has 1 aromatic rings. The van der Waals surface area contributed by atoms with Gasteiger partial charge < -0.3 is 10.2 Å². The second-order valence-corrected chi connectivity index (χ2v) is 5.40. The monoisotopic (exact) mass is 252 g/mol. The van der Waals surface area contributed by atoms with Crippen LogP contribution < -0.4 is 5.32 Å². The first-order valence-electron chi connectivity index (χ1n) is 6.33. The quantitative estimate of drug-likeness (QED) is 0.784. The molecule has 1 aliphatic carbocycles. The molecule has 1 aliphatic rings. The van der Waals surface area contributed by atoms with Crippen molar-refractivity contribution in [2.24, 2.45) is 0 Å². The molecule has 0 saturated heterocycles. The molecule has 94 valence electrons. The zero-order chi connectivity index (χ0) is 12.3. The summed E-state index contributed by atoms with van der Waals surface area (Å²) in [5, 5.41) is 4.31. The summed E-state index contributed by atoms with van der Waals surface area (Å²) in [7, 11) is 2.22. The third kappa shape index (κ3) is 3.98. The van der Waals surface area contributed by atoms with E-state index in [2.05, 4.69) is 30.3 Å². The van der Waals surface area contributed by atoms with Gasteiger partial charge >= 0.3 is 0 Å². The van der Waals surface area contributed by atoms with Gasteiger partial charge in [-0.15, -0.1) is 0 Å². The maximum absolute atomic E-state index is 5.93. The second-order valence-electron chi connectivity index (χ2n) is 4.96. The van der Waals surface area contributed by atoms with Crippen molar-refractivity contribution in [3.63, 3.8) is 0 Å². The molecule has 3 heteroatoms. The van der Waals surface area contributed by atoms with Gasteiger partial charge in [0, 0.05) is 30.7 Å². The summed E-state index contributed by atoms with van der Waals surface area (Å²) in [4.78, 5) is 2.45. The molecular weight excluding hydrogens is 232 g/mol. The topological polar surface area (TPSA) is 15.3 Å². The predicted molar refractivity (Wildman–Crippen MR) is 73.5 cm³/mol. The van der Waals surface area contributed by atoms with E-state index >= 15 is 0 Å². The van der Waals surface area contributed by atoms with Crippen LogP contribution in [0.25, 0.3) is 0 Å². The van der Waals surface area contributed by atoms with E-state index in [0.717, 1.165) is 30.7 Å². The van der Waals surface area contributed by atoms with Crippen LogP contribution in [-0.4, -0.2) is 31.1 Å². The highest BCUT2D eigenvalue weighted by molar-refractivity contribution is 6.30. The van der Waals surface area contributed by atoms with Crippen molar-refractivity contribution in [1.82, 2.24) is 10.2 Å². The van der Waals surface area contributed by atoms with Crippen LogP contribution in [0.1, 0.15) is 24.0 Å². The van der Waals surface area contributed by atoms with E-state index in [0.29, 0.717) is 0 Å². The summed E-state index contributed by atoms with van der Waals surface area (Å²) in [6.07, 6.45) is 2.76. The van der Waals surface area contributed by atoms with E-state index in [1.165, 1.54) is 24.0 Å². The Morgan fingerprint density at radius 2 is 2.18 bits per heavy atom. The number of rotatable bonds is 6. The van der Waals surface area contributed by atoms with Crippen molar-refractivity contribution in [1.29, 1.82) is 0 Å². The van der Waals surface area contributed by atoms with Gasteiger partial charge in [0.05, 0.1) is 0 Å². The van der Waals surface area contributed by atoms with Crippen LogP contribution in [0.5, 0.6) is 0 Å². The first-order valence-corrected chi connectivity index (χ1v) is 6.70. The lowest BCUT2D eigenvalue weighted by molar-refractivity contribution is 0.321. The van der Waals surface area contributed by atoms with Crippen molar-refractivity contribution in [2.45, 2.75) is 32.4 Å². The molecule has 0 heterocycles. The van der Waals surface area contributed by atoms with Gasteiger partial charge in [-0.2, -0.15) is 0 Å². The molecule has 0 unspecified atom stereocenters. The summed E-state index contributed by atoms with van der Waals surface area (Å²) >= 11 is 5.93. The number of nitrogens with one attached hydrogen (secondary N) is 1. The summed E-state index contributed by atoms with van der Waals surface area (Å²) in [6, 6.07) is 6.94. The maximum atomic E-state index is 5.93. The van der Waals surface area contributed by atoms with Crippen molar-refractivity contribution in [3.05, 3.63) is 34.3 Å². The molecule has 0 radical (unpaired) electrons. The van der Waals surface area contributed by atoms with Gasteiger partial charge in [0.2, 0.25) is 0 Å². The average molecular weight is 253 g/mol. The van der Waals surface area contributed by atoms with Crippen LogP contribution in [0.2, 0.25) is 5.02 Å². The first kappa shape index (κ1) is 12.9. The lowest BCUT2D eigenvalue weighted by Gasteiger charge is -2.16. The van der Waals surface area contributed by atoms with Crippen molar-refractivity contribution in [2.75, 3.05) is 20.1 Å². The smallest absolute Gasteiger partial charge is 0.0408 e. The first-order chi connectivity index (χ1) is 8.16. The van der Waals surface area contributed by atoms with E-state index in [4.69, 9.17) is 11.6 Å². The highest BCUT2D eigenvalue weighted by Gasteiger charge is 2.25. The van der Waals surface area contributed by atoms with Gasteiger partial charge in [0.25, 0.3) is 0 Å². The Kier molecular flexibility index (Phi) is 4.43. The molecule has 0 aromatic heterocycles. The summed E-state index contributed by atoms with van der Waals surface area (Å²) < 4.78 is 0. The molecule has 1 aromatic carbocycles. The number of hydrogen-bond donors (Lipinski definition) is 1. The molecule has 0 amide bonds. The summed E-state index contributed by atoms with van der Waals surface area (Å²) in [6.45, 7) is 5.23. The SMILES string of the molecule is Cc1cc(Cl)ccc1CNCCN(C)C1CC1. The Labute approximate surface area is 109 Å². The van der Waals surface area contributed by atoms with Gasteiger partial charge in [0.15, 0.2) is 0 Å². The van der Waals surface area contributed by atoms with Crippen LogP contribution in [0, 0.1) is 6.92 Å². The zero-order valence-corrected chi connectivity index (χ0v) is 11.4. The minimum atomic E-state index is 0.819. The molecule has 0 atom stereocenters. The van der Waals surface area contributed by atoms with Crippen LogP contribution in [0.3, 0.4) is 0 Å². The molecule has 0 spiro atoms. The summed E-state index contributed by atoms with van der Waals surface area (Å²) in [5.74, 6) is 0. The molecule has 1 fully saturated rings. The highest BCUT2D eigenvalue weighted by Crippen LogP contribution is 2.24. The summed E-state index contributed by atoms with van der Waals surface area (Å²) in [5.41, 5.74) is 2.60. The molecule has 1 saturated carbocycles. The number of benzene rings is 1. The Bertz CT molecular complexity index is 374. The second kappa shape index (κ2) is 5.85. The van der Waals surface area contributed by atoms with E-state index < -0.39 is 0 Å². The lowest BCUT2D eigenvalue weighted by Crippen LogP contribution is -2.30. The van der Waals surface area contributed by atoms with Crippen molar-refractivity contribution >= 4 is 11.6 Å². The number of likely N-dealkylation sites (N-methyl/N-ethyl adjacent to an activating group) is 1. The zero-order valence-electron chi connectivity index (χ0n) is 10.7. The Balaban J connectivity index is 1.70. The highest BCUT2D eigenvalue weighted by atomic mass is 35.5. The minimum absolute atomic E-state index is 0.819. The number of nitrogens with zero attached hydrogens (tertiary/aromatic N) is 1.